The molecule has 2 heterocycles. The molecule has 0 saturated heterocycles. The Morgan fingerprint density at radius 1 is 1.17 bits per heavy atom. The van der Waals surface area contributed by atoms with Gasteiger partial charge in [0.2, 0.25) is 0 Å². The summed E-state index contributed by atoms with van der Waals surface area (Å²) in [5, 5.41) is 10.7. The molecule has 3 aromatic carbocycles. The van der Waals surface area contributed by atoms with Gasteiger partial charge in [0.25, 0.3) is 5.56 Å². The summed E-state index contributed by atoms with van der Waals surface area (Å²) in [6.07, 6.45) is 3.39. The number of phenols is 1. The van der Waals surface area contributed by atoms with Crippen molar-refractivity contribution >= 4 is 50.6 Å². The first-order valence-electron chi connectivity index (χ1n) is 11.4. The summed E-state index contributed by atoms with van der Waals surface area (Å²) >= 11 is 10.9. The molecular weight excluding hydrogens is 560 g/mol. The van der Waals surface area contributed by atoms with E-state index < -0.39 is 0 Å². The second kappa shape index (κ2) is 9.07. The number of rotatable bonds is 3. The Bertz CT molecular complexity index is 1740. The van der Waals surface area contributed by atoms with E-state index in [1.807, 2.05) is 30.3 Å². The minimum absolute atomic E-state index is 0.0642. The van der Waals surface area contributed by atoms with Gasteiger partial charge >= 0.3 is 0 Å². The lowest BCUT2D eigenvalue weighted by Gasteiger charge is -2.30. The summed E-state index contributed by atoms with van der Waals surface area (Å²) in [5.41, 5.74) is 5.77. The minimum atomic E-state index is -0.280. The van der Waals surface area contributed by atoms with Gasteiger partial charge in [0, 0.05) is 15.6 Å². The van der Waals surface area contributed by atoms with Crippen molar-refractivity contribution in [3.8, 4) is 11.5 Å². The standard InChI is InChI=1S/C28H20BrClN2O3S/c1-35-19-9-6-16(7-10-19)25-21-11-8-15-4-2-3-5-20(15)24(21)31-28-32(25)27(34)23(36-28)13-17-12-18(29)14-22(30)26(17)33/h2-7,9-10,12-14,25,33H,8,11H2,1H3. The van der Waals surface area contributed by atoms with Crippen LogP contribution in [0.2, 0.25) is 5.02 Å². The maximum absolute atomic E-state index is 13.8. The van der Waals surface area contributed by atoms with Crippen LogP contribution < -0.4 is 19.6 Å². The number of nitrogens with zero attached hydrogens (tertiary/aromatic N) is 2. The molecule has 1 N–H and O–H groups in total. The molecule has 0 amide bonds. The van der Waals surface area contributed by atoms with E-state index >= 15 is 0 Å². The Kier molecular flexibility index (Phi) is 5.86. The first-order chi connectivity index (χ1) is 17.4. The van der Waals surface area contributed by atoms with Crippen molar-refractivity contribution < 1.29 is 9.84 Å². The molecule has 1 aromatic heterocycles. The quantitative estimate of drug-likeness (QED) is 0.351. The fourth-order valence-electron chi connectivity index (χ4n) is 4.95. The van der Waals surface area contributed by atoms with Crippen LogP contribution in [0.3, 0.4) is 0 Å². The summed E-state index contributed by atoms with van der Waals surface area (Å²) in [7, 11) is 1.64. The molecular formula is C28H20BrClN2O3S. The largest absolute Gasteiger partial charge is 0.506 e. The van der Waals surface area contributed by atoms with Gasteiger partial charge < -0.3 is 9.84 Å². The molecule has 0 bridgehead atoms. The average Bonchev–Trinajstić information content (AvgIpc) is 3.20. The number of methoxy groups -OCH3 is 1. The van der Waals surface area contributed by atoms with Gasteiger partial charge in [-0.25, -0.2) is 4.99 Å². The molecule has 1 aliphatic carbocycles. The fraction of sp³-hybridized carbons (Fsp3) is 0.143. The van der Waals surface area contributed by atoms with E-state index in [9.17, 15) is 9.90 Å². The number of phenolic OH excluding ortho intramolecular Hbond substituents is 1. The van der Waals surface area contributed by atoms with Gasteiger partial charge in [-0.1, -0.05) is 75.3 Å². The monoisotopic (exact) mass is 578 g/mol. The van der Waals surface area contributed by atoms with Crippen molar-refractivity contribution in [1.29, 1.82) is 0 Å². The maximum atomic E-state index is 13.8. The predicted molar refractivity (Wildman–Crippen MR) is 147 cm³/mol. The highest BCUT2D eigenvalue weighted by Crippen LogP contribution is 2.41. The van der Waals surface area contributed by atoms with E-state index in [1.165, 1.54) is 16.9 Å². The van der Waals surface area contributed by atoms with Gasteiger partial charge in [-0.3, -0.25) is 9.36 Å². The third-order valence-corrected chi connectivity index (χ3v) is 8.38. The highest BCUT2D eigenvalue weighted by atomic mass is 79.9. The average molecular weight is 580 g/mol. The Hall–Kier alpha value is -3.13. The zero-order chi connectivity index (χ0) is 25.0. The Morgan fingerprint density at radius 3 is 2.72 bits per heavy atom. The van der Waals surface area contributed by atoms with Crippen molar-refractivity contribution in [3.05, 3.63) is 118 Å². The summed E-state index contributed by atoms with van der Waals surface area (Å²) in [5.74, 6) is 0.696. The Morgan fingerprint density at radius 2 is 1.94 bits per heavy atom. The number of hydrogen-bond donors (Lipinski definition) is 1. The topological polar surface area (TPSA) is 63.8 Å². The molecule has 36 heavy (non-hydrogen) atoms. The molecule has 1 atom stereocenters. The molecule has 5 nitrogen and oxygen atoms in total. The van der Waals surface area contributed by atoms with Crippen LogP contribution in [-0.2, 0) is 6.42 Å². The van der Waals surface area contributed by atoms with Crippen LogP contribution in [0.25, 0.3) is 11.8 Å². The van der Waals surface area contributed by atoms with Crippen LogP contribution in [0.5, 0.6) is 11.5 Å². The third-order valence-electron chi connectivity index (χ3n) is 6.65. The molecule has 1 unspecified atom stereocenters. The normalized spacial score (nSPS) is 16.8. The number of aromatic nitrogens is 1. The van der Waals surface area contributed by atoms with Crippen LogP contribution in [0.4, 0.5) is 0 Å². The Labute approximate surface area is 224 Å². The second-order valence-electron chi connectivity index (χ2n) is 8.71. The molecule has 1 aliphatic heterocycles. The van der Waals surface area contributed by atoms with Crippen LogP contribution in [0, 0.1) is 0 Å². The molecule has 2 aliphatic rings. The van der Waals surface area contributed by atoms with Gasteiger partial charge in [-0.05, 0) is 59.9 Å². The number of allylic oxidation sites excluding steroid dienone is 1. The highest BCUT2D eigenvalue weighted by molar-refractivity contribution is 9.10. The number of halogens is 2. The van der Waals surface area contributed by atoms with Gasteiger partial charge in [0.15, 0.2) is 4.80 Å². The molecule has 0 fully saturated rings. The van der Waals surface area contributed by atoms with Crippen molar-refractivity contribution in [2.45, 2.75) is 18.9 Å². The van der Waals surface area contributed by atoms with Crippen molar-refractivity contribution in [1.82, 2.24) is 4.57 Å². The van der Waals surface area contributed by atoms with Crippen LogP contribution in [0.1, 0.15) is 34.7 Å². The van der Waals surface area contributed by atoms with E-state index in [0.29, 0.717) is 19.4 Å². The van der Waals surface area contributed by atoms with Gasteiger partial charge in [0.05, 0.1) is 28.4 Å². The lowest BCUT2D eigenvalue weighted by Crippen LogP contribution is -2.38. The van der Waals surface area contributed by atoms with Crippen LogP contribution in [0.15, 0.2) is 80.5 Å². The second-order valence-corrected chi connectivity index (χ2v) is 11.0. The zero-order valence-corrected chi connectivity index (χ0v) is 22.3. The van der Waals surface area contributed by atoms with Crippen molar-refractivity contribution in [3.63, 3.8) is 0 Å². The molecule has 8 heteroatoms. The number of benzene rings is 3. The van der Waals surface area contributed by atoms with E-state index in [4.69, 9.17) is 21.3 Å². The maximum Gasteiger partial charge on any atom is 0.271 e. The Balaban J connectivity index is 1.62. The highest BCUT2D eigenvalue weighted by Gasteiger charge is 2.32. The van der Waals surface area contributed by atoms with Crippen molar-refractivity contribution in [2.24, 2.45) is 4.99 Å². The number of ether oxygens (including phenoxy) is 1. The predicted octanol–water partition coefficient (Wildman–Crippen LogP) is 5.45. The summed E-state index contributed by atoms with van der Waals surface area (Å²) in [6, 6.07) is 19.3. The summed E-state index contributed by atoms with van der Waals surface area (Å²) in [4.78, 5) is 19.5. The van der Waals surface area contributed by atoms with Crippen molar-refractivity contribution in [2.75, 3.05) is 7.11 Å². The fourth-order valence-corrected chi connectivity index (χ4v) is 6.77. The van der Waals surface area contributed by atoms with Gasteiger partial charge in [0.1, 0.15) is 11.5 Å². The molecule has 0 spiro atoms. The van der Waals surface area contributed by atoms with Crippen LogP contribution in [-0.4, -0.2) is 16.8 Å². The number of thiazole rings is 1. The molecule has 0 radical (unpaired) electrons. The first kappa shape index (κ1) is 23.3. The summed E-state index contributed by atoms with van der Waals surface area (Å²) < 4.78 is 8.33. The van der Waals surface area contributed by atoms with E-state index in [2.05, 4.69) is 34.1 Å². The molecule has 0 saturated carbocycles. The smallest absolute Gasteiger partial charge is 0.271 e. The third kappa shape index (κ3) is 3.82. The lowest BCUT2D eigenvalue weighted by molar-refractivity contribution is 0.414. The van der Waals surface area contributed by atoms with E-state index in [1.54, 1.807) is 29.9 Å². The van der Waals surface area contributed by atoms with E-state index in [-0.39, 0.29) is 22.4 Å². The zero-order valence-electron chi connectivity index (χ0n) is 19.2. The number of fused-ring (bicyclic) bond motifs is 3. The van der Waals surface area contributed by atoms with Gasteiger partial charge in [-0.15, -0.1) is 0 Å². The molecule has 4 aromatic rings. The lowest BCUT2D eigenvalue weighted by atomic mass is 9.83. The van der Waals surface area contributed by atoms with Gasteiger partial charge in [-0.2, -0.15) is 0 Å². The SMILES string of the molecule is COc1ccc(C2C3=C(N=c4sc(=Cc5cc(Br)cc(Cl)c5O)c(=O)n42)c2ccccc2CC3)cc1. The van der Waals surface area contributed by atoms with Crippen LogP contribution >= 0.6 is 38.9 Å². The minimum Gasteiger partial charge on any atom is -0.506 e. The molecule has 180 valence electrons. The first-order valence-corrected chi connectivity index (χ1v) is 13.4. The summed E-state index contributed by atoms with van der Waals surface area (Å²) in [6.45, 7) is 0. The number of aryl methyl sites for hydroxylation is 1. The molecule has 6 rings (SSSR count). The number of aromatic hydroxyl groups is 1. The number of hydrogen-bond acceptors (Lipinski definition) is 5. The van der Waals surface area contributed by atoms with E-state index in [0.717, 1.165) is 41.0 Å².